The third-order valence-electron chi connectivity index (χ3n) is 4.84. The molecule has 0 aliphatic carbocycles. The van der Waals surface area contributed by atoms with Crippen LogP contribution >= 0.6 is 11.3 Å². The standard InChI is InChI=1S/C20H19N3O4S/c1-2-13-5-3-4-6-16(13)23-11-14(9-17(23)24)19(26)27-12-15-10-18(25)22-7-8-28-20(22)21-15/h3-8,10,14H,2,9,11-12H2,1H3/t14-/m0/s1. The molecule has 1 saturated heterocycles. The van der Waals surface area contributed by atoms with E-state index in [1.807, 2.05) is 31.2 Å². The second-order valence-electron chi connectivity index (χ2n) is 6.64. The number of anilines is 1. The van der Waals surface area contributed by atoms with Crippen LogP contribution in [-0.2, 0) is 27.4 Å². The van der Waals surface area contributed by atoms with Gasteiger partial charge in [-0.05, 0) is 18.1 Å². The predicted molar refractivity (Wildman–Crippen MR) is 105 cm³/mol. The fourth-order valence-electron chi connectivity index (χ4n) is 3.40. The van der Waals surface area contributed by atoms with Crippen molar-refractivity contribution in [3.8, 4) is 0 Å². The van der Waals surface area contributed by atoms with Crippen LogP contribution < -0.4 is 10.5 Å². The number of aryl methyl sites for hydroxylation is 1. The second-order valence-corrected chi connectivity index (χ2v) is 7.51. The first-order chi connectivity index (χ1) is 13.6. The summed E-state index contributed by atoms with van der Waals surface area (Å²) in [7, 11) is 0. The van der Waals surface area contributed by atoms with E-state index in [0.29, 0.717) is 17.2 Å². The normalized spacial score (nSPS) is 16.7. The highest BCUT2D eigenvalue weighted by molar-refractivity contribution is 7.15. The van der Waals surface area contributed by atoms with Gasteiger partial charge in [0.2, 0.25) is 5.91 Å². The Hall–Kier alpha value is -3.00. The van der Waals surface area contributed by atoms with E-state index in [9.17, 15) is 14.4 Å². The molecule has 3 aromatic rings. The number of rotatable bonds is 5. The molecule has 3 heterocycles. The average molecular weight is 397 g/mol. The Bertz CT molecular complexity index is 1100. The monoisotopic (exact) mass is 397 g/mol. The molecule has 1 fully saturated rings. The molecule has 0 unspecified atom stereocenters. The summed E-state index contributed by atoms with van der Waals surface area (Å²) in [6.45, 7) is 2.25. The summed E-state index contributed by atoms with van der Waals surface area (Å²) in [5.41, 5.74) is 2.11. The van der Waals surface area contributed by atoms with Crippen molar-refractivity contribution in [3.63, 3.8) is 0 Å². The molecule has 1 aromatic carbocycles. The van der Waals surface area contributed by atoms with Gasteiger partial charge in [0.1, 0.15) is 6.61 Å². The number of hydrogen-bond donors (Lipinski definition) is 0. The third kappa shape index (κ3) is 3.43. The number of thiazole rings is 1. The molecule has 0 N–H and O–H groups in total. The van der Waals surface area contributed by atoms with Gasteiger partial charge in [-0.25, -0.2) is 4.98 Å². The summed E-state index contributed by atoms with van der Waals surface area (Å²) >= 11 is 1.34. The maximum Gasteiger partial charge on any atom is 0.311 e. The number of carbonyl (C=O) groups excluding carboxylic acids is 2. The van der Waals surface area contributed by atoms with Crippen LogP contribution in [0.5, 0.6) is 0 Å². The van der Waals surface area contributed by atoms with Crippen molar-refractivity contribution in [2.75, 3.05) is 11.4 Å². The van der Waals surface area contributed by atoms with Gasteiger partial charge in [-0.1, -0.05) is 25.1 Å². The number of benzene rings is 1. The molecule has 1 aliphatic rings. The van der Waals surface area contributed by atoms with E-state index in [1.54, 1.807) is 16.5 Å². The quantitative estimate of drug-likeness (QED) is 0.618. The molecule has 2 aromatic heterocycles. The highest BCUT2D eigenvalue weighted by atomic mass is 32.1. The third-order valence-corrected chi connectivity index (χ3v) is 5.60. The van der Waals surface area contributed by atoms with Crippen molar-refractivity contribution in [2.45, 2.75) is 26.4 Å². The SMILES string of the molecule is CCc1ccccc1N1C[C@@H](C(=O)OCc2cc(=O)n3ccsc3n2)CC1=O. The van der Waals surface area contributed by atoms with E-state index >= 15 is 0 Å². The summed E-state index contributed by atoms with van der Waals surface area (Å²) in [5, 5.41) is 1.77. The first-order valence-corrected chi connectivity index (χ1v) is 9.95. The molecule has 1 atom stereocenters. The highest BCUT2D eigenvalue weighted by Gasteiger charge is 2.36. The first kappa shape index (κ1) is 18.4. The van der Waals surface area contributed by atoms with E-state index in [0.717, 1.165) is 17.7 Å². The molecule has 7 nitrogen and oxygen atoms in total. The number of para-hydroxylation sites is 1. The Labute approximate surface area is 165 Å². The zero-order chi connectivity index (χ0) is 19.7. The minimum absolute atomic E-state index is 0.0841. The lowest BCUT2D eigenvalue weighted by Gasteiger charge is -2.19. The van der Waals surface area contributed by atoms with Gasteiger partial charge >= 0.3 is 5.97 Å². The number of ether oxygens (including phenoxy) is 1. The van der Waals surface area contributed by atoms with E-state index in [4.69, 9.17) is 4.74 Å². The van der Waals surface area contributed by atoms with Gasteiger partial charge in [0.15, 0.2) is 4.96 Å². The Kier molecular flexibility index (Phi) is 4.95. The predicted octanol–water partition coefficient (Wildman–Crippen LogP) is 2.41. The van der Waals surface area contributed by atoms with E-state index in [2.05, 4.69) is 4.98 Å². The highest BCUT2D eigenvalue weighted by Crippen LogP contribution is 2.29. The van der Waals surface area contributed by atoms with Gasteiger partial charge in [0, 0.05) is 36.3 Å². The van der Waals surface area contributed by atoms with E-state index in [1.165, 1.54) is 21.8 Å². The fraction of sp³-hybridized carbons (Fsp3) is 0.300. The Morgan fingerprint density at radius 2 is 2.14 bits per heavy atom. The maximum atomic E-state index is 12.5. The largest absolute Gasteiger partial charge is 0.459 e. The maximum absolute atomic E-state index is 12.5. The number of hydrogen-bond acceptors (Lipinski definition) is 6. The summed E-state index contributed by atoms with van der Waals surface area (Å²) in [6.07, 6.45) is 2.58. The zero-order valence-corrected chi connectivity index (χ0v) is 16.1. The van der Waals surface area contributed by atoms with Crippen LogP contribution in [-0.4, -0.2) is 27.8 Å². The Morgan fingerprint density at radius 1 is 1.32 bits per heavy atom. The van der Waals surface area contributed by atoms with Crippen LogP contribution in [0.2, 0.25) is 0 Å². The van der Waals surface area contributed by atoms with Crippen LogP contribution in [0.25, 0.3) is 4.96 Å². The molecule has 0 bridgehead atoms. The molecule has 1 amide bonds. The average Bonchev–Trinajstić information content (AvgIpc) is 3.33. The Balaban J connectivity index is 1.44. The van der Waals surface area contributed by atoms with Gasteiger partial charge in [-0.15, -0.1) is 11.3 Å². The summed E-state index contributed by atoms with van der Waals surface area (Å²) in [6, 6.07) is 9.07. The van der Waals surface area contributed by atoms with Crippen LogP contribution in [0.4, 0.5) is 5.69 Å². The second kappa shape index (κ2) is 7.55. The lowest BCUT2D eigenvalue weighted by Crippen LogP contribution is -2.27. The van der Waals surface area contributed by atoms with Crippen LogP contribution in [0, 0.1) is 5.92 Å². The van der Waals surface area contributed by atoms with Crippen LogP contribution in [0.15, 0.2) is 46.7 Å². The number of carbonyl (C=O) groups is 2. The van der Waals surface area contributed by atoms with Gasteiger partial charge in [-0.2, -0.15) is 0 Å². The molecule has 0 saturated carbocycles. The van der Waals surface area contributed by atoms with Gasteiger partial charge in [0.25, 0.3) is 5.56 Å². The van der Waals surface area contributed by atoms with Gasteiger partial charge < -0.3 is 9.64 Å². The zero-order valence-electron chi connectivity index (χ0n) is 15.3. The van der Waals surface area contributed by atoms with Crippen molar-refractivity contribution in [3.05, 3.63) is 63.5 Å². The number of esters is 1. The van der Waals surface area contributed by atoms with Crippen LogP contribution in [0.3, 0.4) is 0 Å². The van der Waals surface area contributed by atoms with Crippen molar-refractivity contribution >= 4 is 33.9 Å². The number of fused-ring (bicyclic) bond motifs is 1. The van der Waals surface area contributed by atoms with E-state index in [-0.39, 0.29) is 24.5 Å². The molecular formula is C20H19N3O4S. The smallest absolute Gasteiger partial charge is 0.311 e. The van der Waals surface area contributed by atoms with Gasteiger partial charge in [-0.3, -0.25) is 18.8 Å². The van der Waals surface area contributed by atoms with Gasteiger partial charge in [0.05, 0.1) is 11.6 Å². The molecule has 4 rings (SSSR count). The molecule has 8 heteroatoms. The van der Waals surface area contributed by atoms with Crippen LogP contribution in [0.1, 0.15) is 24.6 Å². The minimum atomic E-state index is -0.524. The van der Waals surface area contributed by atoms with Crippen molar-refractivity contribution < 1.29 is 14.3 Å². The van der Waals surface area contributed by atoms with Crippen molar-refractivity contribution in [1.29, 1.82) is 0 Å². The summed E-state index contributed by atoms with van der Waals surface area (Å²) in [5.74, 6) is -1.05. The lowest BCUT2D eigenvalue weighted by atomic mass is 10.1. The number of nitrogens with zero attached hydrogens (tertiary/aromatic N) is 3. The molecule has 1 aliphatic heterocycles. The first-order valence-electron chi connectivity index (χ1n) is 9.07. The molecule has 0 spiro atoms. The lowest BCUT2D eigenvalue weighted by molar-refractivity contribution is -0.149. The topological polar surface area (TPSA) is 81.0 Å². The number of aromatic nitrogens is 2. The van der Waals surface area contributed by atoms with Crippen molar-refractivity contribution in [1.82, 2.24) is 9.38 Å². The fourth-order valence-corrected chi connectivity index (χ4v) is 4.13. The molecule has 28 heavy (non-hydrogen) atoms. The number of amides is 1. The minimum Gasteiger partial charge on any atom is -0.459 e. The molecule has 144 valence electrons. The molecule has 0 radical (unpaired) electrons. The Morgan fingerprint density at radius 3 is 2.96 bits per heavy atom. The molecular weight excluding hydrogens is 378 g/mol. The summed E-state index contributed by atoms with van der Waals surface area (Å²) in [4.78, 5) is 43.5. The van der Waals surface area contributed by atoms with E-state index < -0.39 is 11.9 Å². The summed E-state index contributed by atoms with van der Waals surface area (Å²) < 4.78 is 6.80. The van der Waals surface area contributed by atoms with Crippen molar-refractivity contribution in [2.24, 2.45) is 5.92 Å².